The van der Waals surface area contributed by atoms with Crippen LogP contribution in [0.2, 0.25) is 13.1 Å². The average molecular weight is 150 g/mol. The number of aliphatic hydroxyl groups excluding tert-OH is 1. The van der Waals surface area contributed by atoms with Crippen molar-refractivity contribution in [2.45, 2.75) is 19.5 Å². The molecule has 9 heavy (non-hydrogen) atoms. The molecule has 0 fully saturated rings. The lowest BCUT2D eigenvalue weighted by atomic mass is 10.5. The fraction of sp³-hybridized carbons (Fsp3) is 1.00. The van der Waals surface area contributed by atoms with Crippen molar-refractivity contribution < 1.29 is 14.3 Å². The Labute approximate surface area is 56.5 Å². The smallest absolute Gasteiger partial charge is 0.329 e. The molecule has 0 unspecified atom stereocenters. The normalized spacial score (nSPS) is 12.0. The zero-order valence-corrected chi connectivity index (χ0v) is 6.92. The van der Waals surface area contributed by atoms with Crippen LogP contribution in [0.4, 0.5) is 0 Å². The van der Waals surface area contributed by atoms with E-state index in [1.54, 1.807) is 13.1 Å². The van der Waals surface area contributed by atoms with Crippen molar-refractivity contribution >= 4 is 8.56 Å². The lowest BCUT2D eigenvalue weighted by Crippen LogP contribution is -2.30. The summed E-state index contributed by atoms with van der Waals surface area (Å²) in [5, 5.41) is 8.32. The van der Waals surface area contributed by atoms with Gasteiger partial charge in [-0.1, -0.05) is 0 Å². The van der Waals surface area contributed by atoms with Crippen molar-refractivity contribution in [2.24, 2.45) is 0 Å². The van der Waals surface area contributed by atoms with E-state index < -0.39 is 8.56 Å². The molecular formula is C5H14O3Si. The van der Waals surface area contributed by atoms with Crippen LogP contribution in [-0.4, -0.2) is 31.7 Å². The van der Waals surface area contributed by atoms with Gasteiger partial charge in [0.1, 0.15) is 0 Å². The summed E-state index contributed by atoms with van der Waals surface area (Å²) in [6, 6.07) is 0. The fourth-order valence-corrected chi connectivity index (χ4v) is 1.03. The average Bonchev–Trinajstić information content (AvgIpc) is 1.63. The van der Waals surface area contributed by atoms with Gasteiger partial charge in [0.2, 0.25) is 0 Å². The van der Waals surface area contributed by atoms with Crippen molar-refractivity contribution in [3.63, 3.8) is 0 Å². The van der Waals surface area contributed by atoms with Gasteiger partial charge in [-0.15, -0.1) is 0 Å². The van der Waals surface area contributed by atoms with Gasteiger partial charge in [-0.25, -0.2) is 0 Å². The molecule has 0 aromatic rings. The second-order valence-corrected chi connectivity index (χ2v) is 5.55. The van der Waals surface area contributed by atoms with Crippen LogP contribution in [0.5, 0.6) is 0 Å². The van der Waals surface area contributed by atoms with E-state index in [-0.39, 0.29) is 6.61 Å². The maximum Gasteiger partial charge on any atom is 0.329 e. The lowest BCUT2D eigenvalue weighted by molar-refractivity contribution is 0.200. The van der Waals surface area contributed by atoms with Crippen LogP contribution in [0.15, 0.2) is 0 Å². The third kappa shape index (κ3) is 8.10. The van der Waals surface area contributed by atoms with Gasteiger partial charge in [0, 0.05) is 13.2 Å². The van der Waals surface area contributed by atoms with E-state index in [1.165, 1.54) is 0 Å². The molecular weight excluding hydrogens is 136 g/mol. The summed E-state index contributed by atoms with van der Waals surface area (Å²) in [6.45, 7) is 3.99. The second kappa shape index (κ2) is 4.00. The Bertz CT molecular complexity index is 69.1. The van der Waals surface area contributed by atoms with Gasteiger partial charge < -0.3 is 14.3 Å². The summed E-state index contributed by atoms with van der Waals surface area (Å²) in [5.41, 5.74) is 0. The SMILES string of the molecule is C[Si](C)(O)OCCCO. The van der Waals surface area contributed by atoms with Gasteiger partial charge >= 0.3 is 8.56 Å². The van der Waals surface area contributed by atoms with E-state index in [0.29, 0.717) is 13.0 Å². The lowest BCUT2D eigenvalue weighted by Gasteiger charge is -2.13. The zero-order valence-electron chi connectivity index (χ0n) is 5.92. The summed E-state index contributed by atoms with van der Waals surface area (Å²) >= 11 is 0. The number of aliphatic hydroxyl groups is 1. The van der Waals surface area contributed by atoms with Crippen LogP contribution in [0, 0.1) is 0 Å². The van der Waals surface area contributed by atoms with E-state index in [2.05, 4.69) is 0 Å². The number of hydrogen-bond donors (Lipinski definition) is 2. The Balaban J connectivity index is 3.07. The Kier molecular flexibility index (Phi) is 4.04. The van der Waals surface area contributed by atoms with Crippen molar-refractivity contribution in [3.05, 3.63) is 0 Å². The number of rotatable bonds is 4. The van der Waals surface area contributed by atoms with Gasteiger partial charge in [0.15, 0.2) is 0 Å². The molecule has 0 aliphatic carbocycles. The predicted octanol–water partition coefficient (Wildman–Crippen LogP) is 0.0795. The van der Waals surface area contributed by atoms with Crippen LogP contribution < -0.4 is 0 Å². The highest BCUT2D eigenvalue weighted by Gasteiger charge is 2.17. The first-order valence-corrected chi connectivity index (χ1v) is 5.89. The number of hydrogen-bond acceptors (Lipinski definition) is 3. The Hall–Kier alpha value is 0.0969. The molecule has 2 N–H and O–H groups in total. The van der Waals surface area contributed by atoms with Gasteiger partial charge in [-0.2, -0.15) is 0 Å². The third-order valence-electron chi connectivity index (χ3n) is 0.758. The summed E-state index contributed by atoms with van der Waals surface area (Å²) in [7, 11) is -2.31. The summed E-state index contributed by atoms with van der Waals surface area (Å²) in [4.78, 5) is 9.08. The molecule has 0 aliphatic heterocycles. The molecule has 0 amide bonds. The minimum atomic E-state index is -2.31. The molecule has 0 aromatic carbocycles. The quantitative estimate of drug-likeness (QED) is 0.441. The molecule has 0 heterocycles. The first-order chi connectivity index (χ1) is 4.06. The molecule has 0 radical (unpaired) electrons. The van der Waals surface area contributed by atoms with Gasteiger partial charge in [-0.3, -0.25) is 0 Å². The maximum atomic E-state index is 9.08. The first kappa shape index (κ1) is 9.10. The molecule has 4 heteroatoms. The van der Waals surface area contributed by atoms with Crippen LogP contribution >= 0.6 is 0 Å². The molecule has 0 aromatic heterocycles. The summed E-state index contributed by atoms with van der Waals surface area (Å²) in [6.07, 6.45) is 0.608. The van der Waals surface area contributed by atoms with Crippen LogP contribution in [0.1, 0.15) is 6.42 Å². The Morgan fingerprint density at radius 1 is 1.44 bits per heavy atom. The van der Waals surface area contributed by atoms with Crippen LogP contribution in [-0.2, 0) is 4.43 Å². The van der Waals surface area contributed by atoms with Crippen LogP contribution in [0.3, 0.4) is 0 Å². The standard InChI is InChI=1S/C5H14O3Si/c1-9(2,7)8-5-3-4-6/h6-7H,3-5H2,1-2H3. The minimum absolute atomic E-state index is 0.129. The fourth-order valence-electron chi connectivity index (χ4n) is 0.386. The summed E-state index contributed by atoms with van der Waals surface area (Å²) in [5.74, 6) is 0. The van der Waals surface area contributed by atoms with Crippen molar-refractivity contribution in [1.82, 2.24) is 0 Å². The molecule has 3 nitrogen and oxygen atoms in total. The summed E-state index contributed by atoms with van der Waals surface area (Å²) < 4.78 is 5.00. The third-order valence-corrected chi connectivity index (χ3v) is 1.67. The Morgan fingerprint density at radius 3 is 2.33 bits per heavy atom. The molecule has 0 aliphatic rings. The minimum Gasteiger partial charge on any atom is -0.411 e. The predicted molar refractivity (Wildman–Crippen MR) is 37.4 cm³/mol. The monoisotopic (exact) mass is 150 g/mol. The Morgan fingerprint density at radius 2 is 2.00 bits per heavy atom. The molecule has 56 valence electrons. The van der Waals surface area contributed by atoms with Gasteiger partial charge in [0.25, 0.3) is 0 Å². The van der Waals surface area contributed by atoms with Gasteiger partial charge in [-0.05, 0) is 19.5 Å². The zero-order chi connectivity index (χ0) is 7.33. The highest BCUT2D eigenvalue weighted by atomic mass is 28.4. The molecule has 0 bridgehead atoms. The first-order valence-electron chi connectivity index (χ1n) is 3.03. The van der Waals surface area contributed by atoms with Crippen LogP contribution in [0.25, 0.3) is 0 Å². The van der Waals surface area contributed by atoms with Crippen molar-refractivity contribution in [1.29, 1.82) is 0 Å². The molecule has 0 atom stereocenters. The van der Waals surface area contributed by atoms with E-state index in [9.17, 15) is 0 Å². The van der Waals surface area contributed by atoms with E-state index >= 15 is 0 Å². The molecule has 0 saturated carbocycles. The molecule has 0 spiro atoms. The topological polar surface area (TPSA) is 49.7 Å². The van der Waals surface area contributed by atoms with E-state index in [1.807, 2.05) is 0 Å². The maximum absolute atomic E-state index is 9.08. The second-order valence-electron chi connectivity index (χ2n) is 2.37. The van der Waals surface area contributed by atoms with E-state index in [4.69, 9.17) is 14.3 Å². The highest BCUT2D eigenvalue weighted by molar-refractivity contribution is 6.63. The van der Waals surface area contributed by atoms with Gasteiger partial charge in [0.05, 0.1) is 0 Å². The van der Waals surface area contributed by atoms with E-state index in [0.717, 1.165) is 0 Å². The molecule has 0 saturated heterocycles. The van der Waals surface area contributed by atoms with Crippen molar-refractivity contribution in [3.8, 4) is 0 Å². The highest BCUT2D eigenvalue weighted by Crippen LogP contribution is 1.97. The van der Waals surface area contributed by atoms with Crippen molar-refractivity contribution in [2.75, 3.05) is 13.2 Å². The molecule has 0 rings (SSSR count). The largest absolute Gasteiger partial charge is 0.411 e.